The number of hydrogen-bond acceptors (Lipinski definition) is 5. The maximum Gasteiger partial charge on any atom is 0.268 e. The van der Waals surface area contributed by atoms with Crippen molar-refractivity contribution >= 4 is 43.2 Å². The van der Waals surface area contributed by atoms with Gasteiger partial charge in [-0.1, -0.05) is 12.1 Å². The molecular weight excluding hydrogens is 358 g/mol. The summed E-state index contributed by atoms with van der Waals surface area (Å²) in [6, 6.07) is 1.94. The second-order valence-electron chi connectivity index (χ2n) is 3.33. The highest BCUT2D eigenvalue weighted by molar-refractivity contribution is 9.13. The van der Waals surface area contributed by atoms with Crippen molar-refractivity contribution in [1.82, 2.24) is 10.1 Å². The van der Waals surface area contributed by atoms with Gasteiger partial charge in [-0.15, -0.1) is 11.3 Å². The molecule has 1 atom stereocenters. The maximum atomic E-state index is 5.55. The Morgan fingerprint density at radius 2 is 2.31 bits per heavy atom. The van der Waals surface area contributed by atoms with Crippen LogP contribution in [0.2, 0.25) is 0 Å². The molecule has 0 saturated heterocycles. The van der Waals surface area contributed by atoms with E-state index in [-0.39, 0.29) is 5.92 Å². The number of nitrogens with zero attached hydrogens (tertiary/aromatic N) is 2. The van der Waals surface area contributed by atoms with E-state index in [4.69, 9.17) is 10.3 Å². The minimum atomic E-state index is 0.115. The predicted molar refractivity (Wildman–Crippen MR) is 70.5 cm³/mol. The molecule has 4 nitrogen and oxygen atoms in total. The molecule has 0 saturated carbocycles. The quantitative estimate of drug-likeness (QED) is 0.904. The minimum Gasteiger partial charge on any atom is -0.333 e. The van der Waals surface area contributed by atoms with Crippen LogP contribution in [0.1, 0.15) is 18.7 Å². The summed E-state index contributed by atoms with van der Waals surface area (Å²) < 4.78 is 7.19. The second kappa shape index (κ2) is 4.95. The van der Waals surface area contributed by atoms with Gasteiger partial charge < -0.3 is 10.3 Å². The Labute approximate surface area is 113 Å². The summed E-state index contributed by atoms with van der Waals surface area (Å²) >= 11 is 8.38. The van der Waals surface area contributed by atoms with Gasteiger partial charge in [0.1, 0.15) is 0 Å². The Hall–Kier alpha value is -0.240. The van der Waals surface area contributed by atoms with Crippen molar-refractivity contribution < 1.29 is 4.52 Å². The lowest BCUT2D eigenvalue weighted by Gasteiger charge is -1.98. The van der Waals surface area contributed by atoms with Crippen molar-refractivity contribution in [2.75, 3.05) is 6.54 Å². The molecular formula is C9H9Br2N3OS. The van der Waals surface area contributed by atoms with Crippen molar-refractivity contribution in [1.29, 1.82) is 0 Å². The van der Waals surface area contributed by atoms with Gasteiger partial charge in [0.2, 0.25) is 0 Å². The number of thiophene rings is 1. The van der Waals surface area contributed by atoms with Crippen LogP contribution in [0.5, 0.6) is 0 Å². The molecule has 2 rings (SSSR count). The highest BCUT2D eigenvalue weighted by Gasteiger charge is 2.16. The van der Waals surface area contributed by atoms with Crippen molar-refractivity contribution in [3.63, 3.8) is 0 Å². The third-order valence-electron chi connectivity index (χ3n) is 2.09. The number of halogens is 2. The summed E-state index contributed by atoms with van der Waals surface area (Å²) in [6.45, 7) is 2.48. The Kier molecular flexibility index (Phi) is 3.78. The standard InChI is InChI=1S/C9H9Br2N3OS/c1-4(3-12)8-13-9(15-14-8)6-2-5(10)7(11)16-6/h2,4H,3,12H2,1H3. The fourth-order valence-corrected chi connectivity index (χ4v) is 3.05. The summed E-state index contributed by atoms with van der Waals surface area (Å²) in [6.07, 6.45) is 0. The fourth-order valence-electron chi connectivity index (χ4n) is 1.09. The first kappa shape index (κ1) is 12.2. The van der Waals surface area contributed by atoms with E-state index in [1.807, 2.05) is 13.0 Å². The van der Waals surface area contributed by atoms with Crippen LogP contribution in [0, 0.1) is 0 Å². The Bertz CT molecular complexity index is 477. The summed E-state index contributed by atoms with van der Waals surface area (Å²) in [4.78, 5) is 5.25. The SMILES string of the molecule is CC(CN)c1noc(-c2cc(Br)c(Br)s2)n1. The summed E-state index contributed by atoms with van der Waals surface area (Å²) in [7, 11) is 0. The van der Waals surface area contributed by atoms with Crippen LogP contribution in [0.25, 0.3) is 10.8 Å². The van der Waals surface area contributed by atoms with E-state index in [0.29, 0.717) is 18.3 Å². The van der Waals surface area contributed by atoms with Gasteiger partial charge in [0.15, 0.2) is 5.82 Å². The monoisotopic (exact) mass is 365 g/mol. The van der Waals surface area contributed by atoms with Crippen LogP contribution >= 0.6 is 43.2 Å². The van der Waals surface area contributed by atoms with Crippen LogP contribution in [0.3, 0.4) is 0 Å². The molecule has 0 aromatic carbocycles. The Morgan fingerprint density at radius 3 is 2.88 bits per heavy atom. The Balaban J connectivity index is 2.31. The van der Waals surface area contributed by atoms with E-state index in [1.165, 1.54) is 0 Å². The van der Waals surface area contributed by atoms with Gasteiger partial charge in [0.25, 0.3) is 5.89 Å². The maximum absolute atomic E-state index is 5.55. The highest BCUT2D eigenvalue weighted by atomic mass is 79.9. The number of rotatable bonds is 3. The van der Waals surface area contributed by atoms with E-state index in [9.17, 15) is 0 Å². The van der Waals surface area contributed by atoms with E-state index in [1.54, 1.807) is 11.3 Å². The highest BCUT2D eigenvalue weighted by Crippen LogP contribution is 2.37. The van der Waals surface area contributed by atoms with Gasteiger partial charge in [-0.05, 0) is 37.9 Å². The first-order valence-corrected chi connectivity index (χ1v) is 7.01. The van der Waals surface area contributed by atoms with Crippen molar-refractivity contribution in [2.24, 2.45) is 5.73 Å². The van der Waals surface area contributed by atoms with Crippen molar-refractivity contribution in [3.8, 4) is 10.8 Å². The molecule has 0 aliphatic rings. The fraction of sp³-hybridized carbons (Fsp3) is 0.333. The van der Waals surface area contributed by atoms with Crippen molar-refractivity contribution in [2.45, 2.75) is 12.8 Å². The average molecular weight is 367 g/mol. The summed E-state index contributed by atoms with van der Waals surface area (Å²) in [5.74, 6) is 1.30. The number of nitrogens with two attached hydrogens (primary N) is 1. The molecule has 7 heteroatoms. The van der Waals surface area contributed by atoms with E-state index < -0.39 is 0 Å². The van der Waals surface area contributed by atoms with E-state index in [0.717, 1.165) is 13.1 Å². The van der Waals surface area contributed by atoms with Gasteiger partial charge in [0.05, 0.1) is 8.66 Å². The van der Waals surface area contributed by atoms with Gasteiger partial charge >= 0.3 is 0 Å². The Morgan fingerprint density at radius 1 is 1.56 bits per heavy atom. The third kappa shape index (κ3) is 2.37. The molecule has 86 valence electrons. The molecule has 1 unspecified atom stereocenters. The lowest BCUT2D eigenvalue weighted by Crippen LogP contribution is -2.10. The van der Waals surface area contributed by atoms with Crippen molar-refractivity contribution in [3.05, 3.63) is 20.1 Å². The molecule has 0 radical (unpaired) electrons. The van der Waals surface area contributed by atoms with Gasteiger partial charge in [0, 0.05) is 16.9 Å². The zero-order valence-electron chi connectivity index (χ0n) is 8.41. The zero-order chi connectivity index (χ0) is 11.7. The van der Waals surface area contributed by atoms with Crippen LogP contribution in [-0.4, -0.2) is 16.7 Å². The molecule has 16 heavy (non-hydrogen) atoms. The molecule has 2 aromatic rings. The summed E-state index contributed by atoms with van der Waals surface area (Å²) in [5, 5.41) is 3.91. The van der Waals surface area contributed by atoms with Crippen LogP contribution < -0.4 is 5.73 Å². The largest absolute Gasteiger partial charge is 0.333 e. The summed E-state index contributed by atoms with van der Waals surface area (Å²) in [5.41, 5.74) is 5.55. The van der Waals surface area contributed by atoms with Crippen LogP contribution in [0.15, 0.2) is 18.8 Å². The first-order chi connectivity index (χ1) is 7.61. The molecule has 0 bridgehead atoms. The molecule has 2 aromatic heterocycles. The predicted octanol–water partition coefficient (Wildman–Crippen LogP) is 3.39. The first-order valence-electron chi connectivity index (χ1n) is 4.60. The van der Waals surface area contributed by atoms with E-state index >= 15 is 0 Å². The average Bonchev–Trinajstić information content (AvgIpc) is 2.86. The second-order valence-corrected chi connectivity index (χ2v) is 6.55. The molecule has 2 heterocycles. The lowest BCUT2D eigenvalue weighted by atomic mass is 10.2. The van der Waals surface area contributed by atoms with Crippen LogP contribution in [-0.2, 0) is 0 Å². The molecule has 0 aliphatic carbocycles. The zero-order valence-corrected chi connectivity index (χ0v) is 12.4. The lowest BCUT2D eigenvalue weighted by molar-refractivity contribution is 0.418. The molecule has 0 aliphatic heterocycles. The molecule has 0 fully saturated rings. The number of aromatic nitrogens is 2. The normalized spacial score (nSPS) is 13.0. The number of hydrogen-bond donors (Lipinski definition) is 1. The van der Waals surface area contributed by atoms with Gasteiger partial charge in [-0.3, -0.25) is 0 Å². The topological polar surface area (TPSA) is 64.9 Å². The smallest absolute Gasteiger partial charge is 0.268 e. The molecule has 0 amide bonds. The van der Waals surface area contributed by atoms with E-state index in [2.05, 4.69) is 42.0 Å². The van der Waals surface area contributed by atoms with Gasteiger partial charge in [-0.25, -0.2) is 0 Å². The van der Waals surface area contributed by atoms with Crippen LogP contribution in [0.4, 0.5) is 0 Å². The minimum absolute atomic E-state index is 0.115. The van der Waals surface area contributed by atoms with Gasteiger partial charge in [-0.2, -0.15) is 4.98 Å². The third-order valence-corrected chi connectivity index (χ3v) is 5.34. The molecule has 0 spiro atoms. The molecule has 2 N–H and O–H groups in total.